The molecule has 0 atom stereocenters. The van der Waals surface area contributed by atoms with Gasteiger partial charge in [0.05, 0.1) is 0 Å². The average molecular weight is 720 g/mol. The summed E-state index contributed by atoms with van der Waals surface area (Å²) in [4.78, 5) is 2.36. The number of anilines is 3. The minimum atomic E-state index is 0.908. The number of fused-ring (bicyclic) bond motifs is 7. The van der Waals surface area contributed by atoms with Gasteiger partial charge in [0.25, 0.3) is 0 Å². The van der Waals surface area contributed by atoms with E-state index in [4.69, 9.17) is 4.42 Å². The Kier molecular flexibility index (Phi) is 7.39. The van der Waals surface area contributed by atoms with E-state index < -0.39 is 0 Å². The molecular formula is C52H33NOS. The minimum absolute atomic E-state index is 0.908. The Bertz CT molecular complexity index is 3210. The number of para-hydroxylation sites is 1. The number of nitrogens with zero attached hydrogens (tertiary/aromatic N) is 1. The van der Waals surface area contributed by atoms with Crippen LogP contribution < -0.4 is 4.90 Å². The van der Waals surface area contributed by atoms with Crippen LogP contribution in [-0.4, -0.2) is 0 Å². The monoisotopic (exact) mass is 719 g/mol. The molecule has 0 radical (unpaired) electrons. The summed E-state index contributed by atoms with van der Waals surface area (Å²) in [5, 5.41) is 7.39. The van der Waals surface area contributed by atoms with Gasteiger partial charge in [0.1, 0.15) is 11.2 Å². The van der Waals surface area contributed by atoms with Gasteiger partial charge in [-0.1, -0.05) is 121 Å². The molecule has 11 aromatic rings. The van der Waals surface area contributed by atoms with Crippen LogP contribution in [0.1, 0.15) is 0 Å². The fourth-order valence-electron chi connectivity index (χ4n) is 8.06. The molecule has 0 spiro atoms. The molecule has 0 unspecified atom stereocenters. The van der Waals surface area contributed by atoms with Crippen molar-refractivity contribution < 1.29 is 4.42 Å². The lowest BCUT2D eigenvalue weighted by Crippen LogP contribution is -2.10. The molecule has 0 bridgehead atoms. The van der Waals surface area contributed by atoms with Crippen LogP contribution in [-0.2, 0) is 0 Å². The molecule has 2 aromatic heterocycles. The maximum atomic E-state index is 6.12. The highest BCUT2D eigenvalue weighted by Crippen LogP contribution is 2.41. The van der Waals surface area contributed by atoms with E-state index in [9.17, 15) is 0 Å². The van der Waals surface area contributed by atoms with Crippen LogP contribution in [0.15, 0.2) is 205 Å². The van der Waals surface area contributed by atoms with Gasteiger partial charge in [0.15, 0.2) is 0 Å². The van der Waals surface area contributed by atoms with Crippen LogP contribution in [0, 0.1) is 0 Å². The predicted octanol–water partition coefficient (Wildman–Crippen LogP) is 15.6. The highest BCUT2D eigenvalue weighted by atomic mass is 32.1. The van der Waals surface area contributed by atoms with Crippen molar-refractivity contribution in [2.24, 2.45) is 0 Å². The van der Waals surface area contributed by atoms with E-state index >= 15 is 0 Å². The van der Waals surface area contributed by atoms with Gasteiger partial charge in [-0.2, -0.15) is 0 Å². The third kappa shape index (κ3) is 5.56. The van der Waals surface area contributed by atoms with Crippen molar-refractivity contribution >= 4 is 81.3 Å². The van der Waals surface area contributed by atoms with Gasteiger partial charge in [-0.05, 0) is 123 Å². The molecule has 3 heteroatoms. The van der Waals surface area contributed by atoms with E-state index in [0.717, 1.165) is 50.1 Å². The van der Waals surface area contributed by atoms with Gasteiger partial charge in [-0.3, -0.25) is 0 Å². The average Bonchev–Trinajstić information content (AvgIpc) is 3.82. The number of furan rings is 1. The number of benzene rings is 9. The molecule has 0 aliphatic heterocycles. The van der Waals surface area contributed by atoms with Crippen molar-refractivity contribution in [2.75, 3.05) is 4.90 Å². The Balaban J connectivity index is 1.000. The van der Waals surface area contributed by atoms with E-state index in [2.05, 4.69) is 193 Å². The lowest BCUT2D eigenvalue weighted by atomic mass is 10.00. The SMILES string of the molecule is c1cc(-c2ccc3sc4ccccc4c3c2)cc(N(c2ccc(-c3ccc4ccccc4c3)cc2)c2ccc(-c3ccc4oc5ccccc5c4c3)cc2)c1. The summed E-state index contributed by atoms with van der Waals surface area (Å²) >= 11 is 1.86. The van der Waals surface area contributed by atoms with Crippen LogP contribution in [0.5, 0.6) is 0 Å². The van der Waals surface area contributed by atoms with Gasteiger partial charge in [-0.25, -0.2) is 0 Å². The Labute approximate surface area is 322 Å². The van der Waals surface area contributed by atoms with Gasteiger partial charge >= 0.3 is 0 Å². The summed E-state index contributed by atoms with van der Waals surface area (Å²) in [5.74, 6) is 0. The number of hydrogen-bond donors (Lipinski definition) is 0. The maximum Gasteiger partial charge on any atom is 0.135 e. The quantitative estimate of drug-likeness (QED) is 0.170. The molecule has 0 amide bonds. The summed E-state index contributed by atoms with van der Waals surface area (Å²) in [6, 6.07) is 72.4. The van der Waals surface area contributed by atoms with Crippen molar-refractivity contribution in [3.05, 3.63) is 200 Å². The van der Waals surface area contributed by atoms with E-state index in [1.807, 2.05) is 23.5 Å². The third-order valence-electron chi connectivity index (χ3n) is 10.9. The van der Waals surface area contributed by atoms with Crippen LogP contribution in [0.25, 0.3) is 86.3 Å². The largest absolute Gasteiger partial charge is 0.456 e. The molecule has 11 rings (SSSR count). The molecule has 0 saturated carbocycles. The molecule has 258 valence electrons. The van der Waals surface area contributed by atoms with Crippen LogP contribution in [0.3, 0.4) is 0 Å². The predicted molar refractivity (Wildman–Crippen MR) is 235 cm³/mol. The molecule has 2 heterocycles. The van der Waals surface area contributed by atoms with Gasteiger partial charge in [0.2, 0.25) is 0 Å². The van der Waals surface area contributed by atoms with E-state index in [1.165, 1.54) is 53.2 Å². The first-order chi connectivity index (χ1) is 27.2. The van der Waals surface area contributed by atoms with Crippen LogP contribution >= 0.6 is 11.3 Å². The summed E-state index contributed by atoms with van der Waals surface area (Å²) < 4.78 is 8.76. The molecule has 2 nitrogen and oxygen atoms in total. The van der Waals surface area contributed by atoms with Crippen molar-refractivity contribution in [1.82, 2.24) is 0 Å². The molecule has 9 aromatic carbocycles. The fraction of sp³-hybridized carbons (Fsp3) is 0. The molecule has 0 saturated heterocycles. The first-order valence-corrected chi connectivity index (χ1v) is 19.5. The van der Waals surface area contributed by atoms with Crippen molar-refractivity contribution in [3.8, 4) is 33.4 Å². The summed E-state index contributed by atoms with van der Waals surface area (Å²) in [5.41, 5.74) is 12.2. The summed E-state index contributed by atoms with van der Waals surface area (Å²) in [6.07, 6.45) is 0. The second-order valence-electron chi connectivity index (χ2n) is 14.2. The molecule has 0 N–H and O–H groups in total. The number of rotatable bonds is 6. The topological polar surface area (TPSA) is 16.4 Å². The second kappa shape index (κ2) is 12.9. The molecular weight excluding hydrogens is 687 g/mol. The van der Waals surface area contributed by atoms with E-state index in [0.29, 0.717) is 0 Å². The Morgan fingerprint density at radius 1 is 0.309 bits per heavy atom. The smallest absolute Gasteiger partial charge is 0.135 e. The highest BCUT2D eigenvalue weighted by Gasteiger charge is 2.16. The molecule has 0 aliphatic carbocycles. The normalized spacial score (nSPS) is 11.6. The summed E-state index contributed by atoms with van der Waals surface area (Å²) in [6.45, 7) is 0. The number of hydrogen-bond acceptors (Lipinski definition) is 3. The highest BCUT2D eigenvalue weighted by molar-refractivity contribution is 7.25. The Morgan fingerprint density at radius 3 is 1.69 bits per heavy atom. The zero-order chi connectivity index (χ0) is 36.3. The van der Waals surface area contributed by atoms with Crippen molar-refractivity contribution in [1.29, 1.82) is 0 Å². The van der Waals surface area contributed by atoms with Crippen LogP contribution in [0.4, 0.5) is 17.1 Å². The minimum Gasteiger partial charge on any atom is -0.456 e. The molecule has 0 fully saturated rings. The zero-order valence-corrected chi connectivity index (χ0v) is 30.6. The van der Waals surface area contributed by atoms with E-state index in [-0.39, 0.29) is 0 Å². The van der Waals surface area contributed by atoms with Gasteiger partial charge < -0.3 is 9.32 Å². The molecule has 0 aliphatic rings. The van der Waals surface area contributed by atoms with Crippen LogP contribution in [0.2, 0.25) is 0 Å². The number of thiophene rings is 1. The Morgan fingerprint density at radius 2 is 0.873 bits per heavy atom. The first kappa shape index (κ1) is 31.6. The standard InChI is InChI=1S/C52H33NOS/c1-2-9-37-30-39(17-16-34(37)8-1)35-18-24-42(25-19-35)53(43-26-20-36(21-27-43)40-22-28-50-47(32-40)45-12-3-5-14-49(45)54-50)44-11-7-10-38(31-44)41-23-29-52-48(33-41)46-13-4-6-15-51(46)55-52/h1-33H. The Hall–Kier alpha value is -6.94. The van der Waals surface area contributed by atoms with Gasteiger partial charge in [-0.15, -0.1) is 11.3 Å². The summed E-state index contributed by atoms with van der Waals surface area (Å²) in [7, 11) is 0. The lowest BCUT2D eigenvalue weighted by Gasteiger charge is -2.26. The zero-order valence-electron chi connectivity index (χ0n) is 29.8. The first-order valence-electron chi connectivity index (χ1n) is 18.6. The second-order valence-corrected chi connectivity index (χ2v) is 15.2. The van der Waals surface area contributed by atoms with Crippen molar-refractivity contribution in [2.45, 2.75) is 0 Å². The van der Waals surface area contributed by atoms with Crippen molar-refractivity contribution in [3.63, 3.8) is 0 Å². The van der Waals surface area contributed by atoms with Gasteiger partial charge in [0, 0.05) is 48.0 Å². The van der Waals surface area contributed by atoms with E-state index in [1.54, 1.807) is 0 Å². The lowest BCUT2D eigenvalue weighted by molar-refractivity contribution is 0.669. The fourth-order valence-corrected chi connectivity index (χ4v) is 9.14. The third-order valence-corrected chi connectivity index (χ3v) is 12.0. The molecule has 55 heavy (non-hydrogen) atoms. The maximum absolute atomic E-state index is 6.12.